The molecule has 8 nitrogen and oxygen atoms in total. The van der Waals surface area contributed by atoms with Crippen LogP contribution in [0, 0.1) is 0 Å². The van der Waals surface area contributed by atoms with Crippen LogP contribution in [0.25, 0.3) is 22.1 Å². The molecule has 2 aromatic heterocycles. The summed E-state index contributed by atoms with van der Waals surface area (Å²) in [6, 6.07) is 14.8. The molecule has 5 rings (SSSR count). The molecule has 0 atom stereocenters. The Bertz CT molecular complexity index is 1380. The lowest BCUT2D eigenvalue weighted by atomic mass is 10.1. The Balaban J connectivity index is 1.27. The van der Waals surface area contributed by atoms with Crippen LogP contribution in [-0.2, 0) is 17.9 Å². The molecular weight excluding hydrogens is 408 g/mol. The number of amides is 2. The minimum absolute atomic E-state index is 0.0728. The lowest BCUT2D eigenvalue weighted by molar-refractivity contribution is -0.131. The molecule has 0 radical (unpaired) electrons. The van der Waals surface area contributed by atoms with Gasteiger partial charge in [0.15, 0.2) is 0 Å². The number of nitrogens with one attached hydrogen (secondary N) is 1. The molecule has 0 unspecified atom stereocenters. The van der Waals surface area contributed by atoms with Crippen LogP contribution < -0.4 is 10.9 Å². The molecule has 4 aromatic rings. The van der Waals surface area contributed by atoms with Gasteiger partial charge >= 0.3 is 0 Å². The van der Waals surface area contributed by atoms with Crippen molar-refractivity contribution in [2.24, 2.45) is 0 Å². The highest BCUT2D eigenvalue weighted by Gasteiger charge is 2.23. The first-order chi connectivity index (χ1) is 15.5. The first kappa shape index (κ1) is 20.0. The average Bonchev–Trinajstić information content (AvgIpc) is 3.53. The van der Waals surface area contributed by atoms with E-state index in [0.717, 1.165) is 23.8 Å². The van der Waals surface area contributed by atoms with Gasteiger partial charge in [-0.05, 0) is 42.7 Å². The first-order valence-electron chi connectivity index (χ1n) is 10.5. The fourth-order valence-corrected chi connectivity index (χ4v) is 3.61. The van der Waals surface area contributed by atoms with Crippen LogP contribution in [0.3, 0.4) is 0 Å². The molecule has 1 aliphatic rings. The molecule has 162 valence electrons. The van der Waals surface area contributed by atoms with Crippen LogP contribution in [-0.4, -0.2) is 39.4 Å². The molecule has 2 amide bonds. The van der Waals surface area contributed by atoms with Crippen molar-refractivity contribution in [1.29, 1.82) is 0 Å². The van der Waals surface area contributed by atoms with Crippen LogP contribution in [0.4, 0.5) is 0 Å². The highest BCUT2D eigenvalue weighted by atomic mass is 16.3. The van der Waals surface area contributed by atoms with E-state index in [0.29, 0.717) is 29.2 Å². The van der Waals surface area contributed by atoms with E-state index in [1.165, 1.54) is 15.8 Å². The summed E-state index contributed by atoms with van der Waals surface area (Å²) in [5, 5.41) is 3.72. The Kier molecular flexibility index (Phi) is 4.97. The van der Waals surface area contributed by atoms with Crippen LogP contribution in [0.15, 0.2) is 64.1 Å². The number of carbonyl (C=O) groups is 2. The smallest absolute Gasteiger partial charge is 0.297 e. The standard InChI is InChI=1S/C24H22N4O4/c1-27(12-15-6-8-16(9-7-15)23(30)26-17-10-11-17)20(29)13-28-14-25-21-18-4-2-3-5-19(18)32-22(21)24(28)31/h2-9,14,17H,10-13H2,1H3,(H,26,30). The predicted molar refractivity (Wildman–Crippen MR) is 119 cm³/mol. The third-order valence-corrected chi connectivity index (χ3v) is 5.63. The summed E-state index contributed by atoms with van der Waals surface area (Å²) >= 11 is 0. The van der Waals surface area contributed by atoms with E-state index in [1.54, 1.807) is 25.2 Å². The second-order valence-corrected chi connectivity index (χ2v) is 8.15. The minimum Gasteiger partial charge on any atom is -0.448 e. The van der Waals surface area contributed by atoms with Gasteiger partial charge in [-0.3, -0.25) is 19.0 Å². The third kappa shape index (κ3) is 3.87. The fraction of sp³-hybridized carbons (Fsp3) is 0.250. The van der Waals surface area contributed by atoms with E-state index in [-0.39, 0.29) is 29.5 Å². The van der Waals surface area contributed by atoms with Crippen molar-refractivity contribution >= 4 is 33.9 Å². The molecule has 8 heteroatoms. The number of furan rings is 1. The van der Waals surface area contributed by atoms with Crippen LogP contribution >= 0.6 is 0 Å². The van der Waals surface area contributed by atoms with Gasteiger partial charge < -0.3 is 14.6 Å². The zero-order valence-electron chi connectivity index (χ0n) is 17.6. The number of benzene rings is 2. The van der Waals surface area contributed by atoms with Gasteiger partial charge in [-0.2, -0.15) is 0 Å². The summed E-state index contributed by atoms with van der Waals surface area (Å²) in [7, 11) is 1.67. The maximum absolute atomic E-state index is 12.8. The molecule has 0 spiro atoms. The molecule has 1 saturated carbocycles. The van der Waals surface area contributed by atoms with Gasteiger partial charge in [0.1, 0.15) is 17.6 Å². The normalized spacial score (nSPS) is 13.4. The van der Waals surface area contributed by atoms with E-state index < -0.39 is 0 Å². The van der Waals surface area contributed by atoms with Gasteiger partial charge in [0.2, 0.25) is 11.5 Å². The molecule has 32 heavy (non-hydrogen) atoms. The average molecular weight is 430 g/mol. The Morgan fingerprint density at radius 1 is 1.16 bits per heavy atom. The van der Waals surface area contributed by atoms with Crippen LogP contribution in [0.2, 0.25) is 0 Å². The topological polar surface area (TPSA) is 97.4 Å². The second kappa shape index (κ2) is 7.96. The van der Waals surface area contributed by atoms with Gasteiger partial charge in [0.25, 0.3) is 11.5 Å². The van der Waals surface area contributed by atoms with Crippen molar-refractivity contribution in [3.8, 4) is 0 Å². The molecule has 0 aliphatic heterocycles. The van der Waals surface area contributed by atoms with E-state index in [4.69, 9.17) is 4.42 Å². The minimum atomic E-state index is -0.390. The molecule has 0 saturated heterocycles. The van der Waals surface area contributed by atoms with Crippen LogP contribution in [0.1, 0.15) is 28.8 Å². The zero-order chi connectivity index (χ0) is 22.2. The number of para-hydroxylation sites is 1. The molecule has 1 aliphatic carbocycles. The Hall–Kier alpha value is -3.94. The van der Waals surface area contributed by atoms with Crippen molar-refractivity contribution < 1.29 is 14.0 Å². The second-order valence-electron chi connectivity index (χ2n) is 8.15. The number of nitrogens with zero attached hydrogens (tertiary/aromatic N) is 3. The summed E-state index contributed by atoms with van der Waals surface area (Å²) in [6.07, 6.45) is 3.46. The van der Waals surface area contributed by atoms with E-state index in [9.17, 15) is 14.4 Å². The summed E-state index contributed by atoms with van der Waals surface area (Å²) < 4.78 is 6.93. The van der Waals surface area contributed by atoms with E-state index in [1.807, 2.05) is 30.3 Å². The van der Waals surface area contributed by atoms with Crippen molar-refractivity contribution in [3.05, 3.63) is 76.3 Å². The van der Waals surface area contributed by atoms with Crippen LogP contribution in [0.5, 0.6) is 0 Å². The highest BCUT2D eigenvalue weighted by Crippen LogP contribution is 2.24. The third-order valence-electron chi connectivity index (χ3n) is 5.63. The van der Waals surface area contributed by atoms with Crippen molar-refractivity contribution in [3.63, 3.8) is 0 Å². The lowest BCUT2D eigenvalue weighted by Gasteiger charge is -2.18. The van der Waals surface area contributed by atoms with Crippen molar-refractivity contribution in [2.45, 2.75) is 32.0 Å². The Morgan fingerprint density at radius 2 is 1.91 bits per heavy atom. The number of fused-ring (bicyclic) bond motifs is 3. The van der Waals surface area contributed by atoms with E-state index >= 15 is 0 Å². The van der Waals surface area contributed by atoms with Gasteiger partial charge in [-0.25, -0.2) is 4.98 Å². The molecule has 1 N–H and O–H groups in total. The predicted octanol–water partition coefficient (Wildman–Crippen LogP) is 2.69. The molecular formula is C24H22N4O4. The molecule has 1 fully saturated rings. The first-order valence-corrected chi connectivity index (χ1v) is 10.5. The quantitative estimate of drug-likeness (QED) is 0.507. The Labute approximate surface area is 183 Å². The van der Waals surface area contributed by atoms with Gasteiger partial charge in [0, 0.05) is 30.6 Å². The number of carbonyl (C=O) groups excluding carboxylic acids is 2. The summed E-state index contributed by atoms with van der Waals surface area (Å²) in [5.41, 5.74) is 2.33. The highest BCUT2D eigenvalue weighted by molar-refractivity contribution is 6.01. The number of rotatable bonds is 6. The lowest BCUT2D eigenvalue weighted by Crippen LogP contribution is -2.33. The van der Waals surface area contributed by atoms with Gasteiger partial charge in [0.05, 0.1) is 6.33 Å². The SMILES string of the molecule is CN(Cc1ccc(C(=O)NC2CC2)cc1)C(=O)Cn1cnc2c(oc3ccccc32)c1=O. The number of hydrogen-bond donors (Lipinski definition) is 1. The van der Waals surface area contributed by atoms with Crippen molar-refractivity contribution in [2.75, 3.05) is 7.05 Å². The molecule has 2 heterocycles. The van der Waals surface area contributed by atoms with Gasteiger partial charge in [-0.1, -0.05) is 24.3 Å². The van der Waals surface area contributed by atoms with E-state index in [2.05, 4.69) is 10.3 Å². The number of aromatic nitrogens is 2. The Morgan fingerprint density at radius 3 is 2.66 bits per heavy atom. The van der Waals surface area contributed by atoms with Gasteiger partial charge in [-0.15, -0.1) is 0 Å². The monoisotopic (exact) mass is 430 g/mol. The summed E-state index contributed by atoms with van der Waals surface area (Å²) in [5.74, 6) is -0.309. The molecule has 2 aromatic carbocycles. The largest absolute Gasteiger partial charge is 0.448 e. The zero-order valence-corrected chi connectivity index (χ0v) is 17.6. The number of hydrogen-bond acceptors (Lipinski definition) is 5. The summed E-state index contributed by atoms with van der Waals surface area (Å²) in [4.78, 5) is 43.5. The van der Waals surface area contributed by atoms with Crippen molar-refractivity contribution in [1.82, 2.24) is 19.8 Å². The molecule has 0 bridgehead atoms. The maximum Gasteiger partial charge on any atom is 0.297 e. The maximum atomic E-state index is 12.8. The summed E-state index contributed by atoms with van der Waals surface area (Å²) in [6.45, 7) is 0.218. The number of likely N-dealkylation sites (N-methyl/N-ethyl adjacent to an activating group) is 1. The fourth-order valence-electron chi connectivity index (χ4n) is 3.61.